The number of halogens is 3. The van der Waals surface area contributed by atoms with Gasteiger partial charge in [0.05, 0.1) is 27.3 Å². The predicted octanol–water partition coefficient (Wildman–Crippen LogP) is 3.09. The number of rotatable bonds is 6. The van der Waals surface area contributed by atoms with Crippen molar-refractivity contribution in [3.05, 3.63) is 47.7 Å². The number of pyridine rings is 1. The smallest absolute Gasteiger partial charge is 0.433 e. The number of alkyl halides is 3. The summed E-state index contributed by atoms with van der Waals surface area (Å²) in [6.07, 6.45) is -4.94. The quantitative estimate of drug-likeness (QED) is 0.791. The van der Waals surface area contributed by atoms with E-state index in [9.17, 15) is 18.0 Å². The lowest BCUT2D eigenvalue weighted by molar-refractivity contribution is -0.141. The summed E-state index contributed by atoms with van der Waals surface area (Å²) in [6.45, 7) is 0.807. The van der Waals surface area contributed by atoms with Crippen LogP contribution in [0.5, 0.6) is 17.4 Å². The molecule has 156 valence electrons. The van der Waals surface area contributed by atoms with Crippen LogP contribution in [0.4, 0.5) is 18.0 Å². The van der Waals surface area contributed by atoms with Crippen molar-refractivity contribution in [2.45, 2.75) is 18.8 Å². The molecule has 1 aliphatic heterocycles. The average molecular weight is 411 g/mol. The zero-order valence-electron chi connectivity index (χ0n) is 15.8. The van der Waals surface area contributed by atoms with Gasteiger partial charge in [-0.05, 0) is 23.8 Å². The van der Waals surface area contributed by atoms with Gasteiger partial charge in [-0.3, -0.25) is 0 Å². The third-order valence-corrected chi connectivity index (χ3v) is 4.33. The average Bonchev–Trinajstić information content (AvgIpc) is 2.67. The van der Waals surface area contributed by atoms with Gasteiger partial charge in [-0.1, -0.05) is 12.1 Å². The van der Waals surface area contributed by atoms with Gasteiger partial charge in [-0.2, -0.15) is 13.2 Å². The fraction of sp³-hybridized carbons (Fsp3) is 0.368. The Bertz CT molecular complexity index is 870. The summed E-state index contributed by atoms with van der Waals surface area (Å²) < 4.78 is 53.9. The molecule has 1 aromatic carbocycles. The Kier molecular flexibility index (Phi) is 6.00. The fourth-order valence-corrected chi connectivity index (χ4v) is 2.77. The van der Waals surface area contributed by atoms with Crippen LogP contribution in [-0.4, -0.2) is 49.3 Å². The maximum absolute atomic E-state index is 12.7. The molecule has 3 rings (SSSR count). The second-order valence-corrected chi connectivity index (χ2v) is 6.35. The molecule has 29 heavy (non-hydrogen) atoms. The van der Waals surface area contributed by atoms with E-state index in [1.807, 2.05) is 6.07 Å². The van der Waals surface area contributed by atoms with Crippen molar-refractivity contribution in [1.29, 1.82) is 0 Å². The molecule has 2 amide bonds. The van der Waals surface area contributed by atoms with Crippen molar-refractivity contribution >= 4 is 6.03 Å². The number of methoxy groups -OCH3 is 2. The molecule has 1 N–H and O–H groups in total. The summed E-state index contributed by atoms with van der Waals surface area (Å²) in [6, 6.07) is 8.49. The first-order valence-electron chi connectivity index (χ1n) is 8.74. The molecule has 1 saturated heterocycles. The van der Waals surface area contributed by atoms with Gasteiger partial charge in [-0.25, -0.2) is 9.78 Å². The van der Waals surface area contributed by atoms with Gasteiger partial charge in [0.15, 0.2) is 11.5 Å². The van der Waals surface area contributed by atoms with Crippen molar-refractivity contribution in [2.24, 2.45) is 0 Å². The van der Waals surface area contributed by atoms with E-state index in [2.05, 4.69) is 10.3 Å². The molecular weight excluding hydrogens is 391 g/mol. The molecule has 2 heterocycles. The van der Waals surface area contributed by atoms with Crippen LogP contribution in [0.25, 0.3) is 0 Å². The third-order valence-electron chi connectivity index (χ3n) is 4.33. The first-order valence-corrected chi connectivity index (χ1v) is 8.74. The van der Waals surface area contributed by atoms with E-state index >= 15 is 0 Å². The Labute approximate surface area is 165 Å². The van der Waals surface area contributed by atoms with Crippen LogP contribution in [0.15, 0.2) is 36.4 Å². The highest BCUT2D eigenvalue weighted by Gasteiger charge is 2.35. The minimum absolute atomic E-state index is 0.116. The molecule has 2 aromatic rings. The Morgan fingerprint density at radius 3 is 2.55 bits per heavy atom. The van der Waals surface area contributed by atoms with Gasteiger partial charge in [0.2, 0.25) is 5.88 Å². The summed E-state index contributed by atoms with van der Waals surface area (Å²) in [4.78, 5) is 17.2. The number of urea groups is 1. The third kappa shape index (κ3) is 5.01. The molecule has 0 spiro atoms. The number of amides is 2. The summed E-state index contributed by atoms with van der Waals surface area (Å²) in [5, 5.41) is 2.77. The lowest BCUT2D eigenvalue weighted by atomic mass is 10.1. The van der Waals surface area contributed by atoms with Crippen molar-refractivity contribution in [1.82, 2.24) is 15.2 Å². The van der Waals surface area contributed by atoms with E-state index < -0.39 is 18.0 Å². The van der Waals surface area contributed by atoms with E-state index in [0.717, 1.165) is 11.6 Å². The zero-order valence-corrected chi connectivity index (χ0v) is 15.8. The SMILES string of the molecule is COc1ccc(CNC(=O)N2CC(Oc3cccc(C(F)(F)F)n3)C2)cc1OC. The summed E-state index contributed by atoms with van der Waals surface area (Å²) in [5.41, 5.74) is -0.184. The van der Waals surface area contributed by atoms with Crippen LogP contribution in [-0.2, 0) is 12.7 Å². The van der Waals surface area contributed by atoms with Gasteiger partial charge < -0.3 is 24.4 Å². The molecule has 1 fully saturated rings. The fourth-order valence-electron chi connectivity index (χ4n) is 2.77. The molecule has 0 aliphatic carbocycles. The van der Waals surface area contributed by atoms with Crippen LogP contribution in [0.2, 0.25) is 0 Å². The molecule has 0 bridgehead atoms. The van der Waals surface area contributed by atoms with Gasteiger partial charge in [0.25, 0.3) is 0 Å². The molecule has 1 aromatic heterocycles. The molecule has 0 unspecified atom stereocenters. The van der Waals surface area contributed by atoms with Crippen molar-refractivity contribution < 1.29 is 32.2 Å². The van der Waals surface area contributed by atoms with E-state index in [1.165, 1.54) is 31.3 Å². The topological polar surface area (TPSA) is 72.9 Å². The van der Waals surface area contributed by atoms with E-state index in [4.69, 9.17) is 14.2 Å². The van der Waals surface area contributed by atoms with E-state index in [0.29, 0.717) is 11.5 Å². The normalized spacial score (nSPS) is 14.2. The number of carbonyl (C=O) groups is 1. The van der Waals surface area contributed by atoms with Gasteiger partial charge in [-0.15, -0.1) is 0 Å². The Morgan fingerprint density at radius 1 is 1.17 bits per heavy atom. The Morgan fingerprint density at radius 2 is 1.90 bits per heavy atom. The summed E-state index contributed by atoms with van der Waals surface area (Å²) >= 11 is 0. The van der Waals surface area contributed by atoms with E-state index in [1.54, 1.807) is 12.1 Å². The van der Waals surface area contributed by atoms with Crippen LogP contribution in [0, 0.1) is 0 Å². The maximum Gasteiger partial charge on any atom is 0.433 e. The van der Waals surface area contributed by atoms with Crippen LogP contribution < -0.4 is 19.5 Å². The number of nitrogens with one attached hydrogen (secondary N) is 1. The zero-order chi connectivity index (χ0) is 21.0. The van der Waals surface area contributed by atoms with Crippen LogP contribution in [0.1, 0.15) is 11.3 Å². The largest absolute Gasteiger partial charge is 0.493 e. The number of aromatic nitrogens is 1. The second kappa shape index (κ2) is 8.46. The standard InChI is InChI=1S/C19H20F3N3O4/c1-27-14-7-6-12(8-15(14)28-2)9-23-18(26)25-10-13(11-25)29-17-5-3-4-16(24-17)19(20,21)22/h3-8,13H,9-11H2,1-2H3,(H,23,26). The highest BCUT2D eigenvalue weighted by molar-refractivity contribution is 5.75. The number of carbonyl (C=O) groups excluding carboxylic acids is 1. The molecule has 7 nitrogen and oxygen atoms in total. The monoisotopic (exact) mass is 411 g/mol. The summed E-state index contributed by atoms with van der Waals surface area (Å²) in [7, 11) is 3.07. The summed E-state index contributed by atoms with van der Waals surface area (Å²) in [5.74, 6) is 1.04. The van der Waals surface area contributed by atoms with Gasteiger partial charge >= 0.3 is 12.2 Å². The number of hydrogen-bond acceptors (Lipinski definition) is 5. The molecule has 0 radical (unpaired) electrons. The minimum atomic E-state index is -4.53. The number of nitrogens with zero attached hydrogens (tertiary/aromatic N) is 2. The number of hydrogen-bond donors (Lipinski definition) is 1. The first kappa shape index (κ1) is 20.6. The second-order valence-electron chi connectivity index (χ2n) is 6.35. The highest BCUT2D eigenvalue weighted by Crippen LogP contribution is 2.29. The van der Waals surface area contributed by atoms with Gasteiger partial charge in [0, 0.05) is 12.6 Å². The lowest BCUT2D eigenvalue weighted by Crippen LogP contribution is -2.58. The Balaban J connectivity index is 1.47. The van der Waals surface area contributed by atoms with Crippen molar-refractivity contribution in [2.75, 3.05) is 27.3 Å². The molecule has 10 heteroatoms. The minimum Gasteiger partial charge on any atom is -0.493 e. The number of ether oxygens (including phenoxy) is 3. The van der Waals surface area contributed by atoms with Crippen molar-refractivity contribution in [3.63, 3.8) is 0 Å². The maximum atomic E-state index is 12.7. The van der Waals surface area contributed by atoms with Gasteiger partial charge in [0.1, 0.15) is 11.8 Å². The van der Waals surface area contributed by atoms with E-state index in [-0.39, 0.29) is 31.5 Å². The molecular formula is C19H20F3N3O4. The first-order chi connectivity index (χ1) is 13.8. The van der Waals surface area contributed by atoms with Crippen LogP contribution in [0.3, 0.4) is 0 Å². The lowest BCUT2D eigenvalue weighted by Gasteiger charge is -2.38. The number of likely N-dealkylation sites (tertiary alicyclic amines) is 1. The van der Waals surface area contributed by atoms with Crippen LogP contribution >= 0.6 is 0 Å². The number of benzene rings is 1. The molecule has 0 atom stereocenters. The Hall–Kier alpha value is -3.17. The molecule has 0 saturated carbocycles. The van der Waals surface area contributed by atoms with Crippen molar-refractivity contribution in [3.8, 4) is 17.4 Å². The predicted molar refractivity (Wildman–Crippen MR) is 97.0 cm³/mol. The highest BCUT2D eigenvalue weighted by atomic mass is 19.4. The molecule has 1 aliphatic rings.